The van der Waals surface area contributed by atoms with Gasteiger partial charge in [-0.3, -0.25) is 9.36 Å². The molecule has 0 saturated heterocycles. The van der Waals surface area contributed by atoms with Crippen LogP contribution < -0.4 is 5.32 Å². The monoisotopic (exact) mass is 501 g/mol. The van der Waals surface area contributed by atoms with E-state index in [1.54, 1.807) is 11.6 Å². The third-order valence-electron chi connectivity index (χ3n) is 4.88. The first-order valence-corrected chi connectivity index (χ1v) is 13.0. The van der Waals surface area contributed by atoms with Gasteiger partial charge in [-0.1, -0.05) is 49.5 Å². The minimum absolute atomic E-state index is 0.122. The summed E-state index contributed by atoms with van der Waals surface area (Å²) in [4.78, 5) is 16.8. The summed E-state index contributed by atoms with van der Waals surface area (Å²) in [6.45, 7) is 2.85. The number of furan rings is 1. The first-order chi connectivity index (χ1) is 16.2. The molecule has 172 valence electrons. The van der Waals surface area contributed by atoms with Crippen LogP contribution in [0, 0.1) is 0 Å². The number of carbonyl (C=O) groups is 1. The van der Waals surface area contributed by atoms with Crippen LogP contribution >= 0.6 is 34.7 Å². The van der Waals surface area contributed by atoms with Crippen molar-refractivity contribution in [1.29, 1.82) is 0 Å². The number of benzene rings is 1. The van der Waals surface area contributed by atoms with E-state index in [1.165, 1.54) is 35.9 Å². The minimum Gasteiger partial charge on any atom is -0.461 e. The number of halogens is 1. The number of nitrogens with one attached hydrogen (secondary N) is 1. The fraction of sp³-hybridized carbons (Fsp3) is 0.304. The molecule has 3 heterocycles. The molecule has 1 aromatic carbocycles. The van der Waals surface area contributed by atoms with Crippen LogP contribution in [0.1, 0.15) is 48.1 Å². The van der Waals surface area contributed by atoms with Crippen LogP contribution in [0.3, 0.4) is 0 Å². The van der Waals surface area contributed by atoms with Crippen molar-refractivity contribution in [3.05, 3.63) is 63.8 Å². The Labute approximate surface area is 205 Å². The van der Waals surface area contributed by atoms with E-state index in [2.05, 4.69) is 27.4 Å². The number of hydrogen-bond donors (Lipinski definition) is 1. The Morgan fingerprint density at radius 2 is 2.03 bits per heavy atom. The zero-order chi connectivity index (χ0) is 23.0. The molecule has 1 N–H and O–H groups in total. The lowest BCUT2D eigenvalue weighted by atomic mass is 10.2. The molecule has 0 spiro atoms. The molecule has 4 rings (SSSR count). The van der Waals surface area contributed by atoms with Crippen LogP contribution in [-0.2, 0) is 5.75 Å². The average molecular weight is 502 g/mol. The SMILES string of the molecule is CCCCCCNC(=O)c1csc(CSc2nnc(-c3ccco3)n2-c2ccc(Cl)cc2)n1. The maximum Gasteiger partial charge on any atom is 0.270 e. The molecule has 0 fully saturated rings. The van der Waals surface area contributed by atoms with Gasteiger partial charge < -0.3 is 9.73 Å². The van der Waals surface area contributed by atoms with Crippen molar-refractivity contribution in [3.63, 3.8) is 0 Å². The largest absolute Gasteiger partial charge is 0.461 e. The molecule has 0 radical (unpaired) electrons. The van der Waals surface area contributed by atoms with Gasteiger partial charge in [-0.05, 0) is 42.8 Å². The molecule has 0 unspecified atom stereocenters. The van der Waals surface area contributed by atoms with Crippen LogP contribution in [0.5, 0.6) is 0 Å². The summed E-state index contributed by atoms with van der Waals surface area (Å²) < 4.78 is 7.48. The first-order valence-electron chi connectivity index (χ1n) is 10.8. The topological polar surface area (TPSA) is 85.8 Å². The van der Waals surface area contributed by atoms with Gasteiger partial charge in [-0.15, -0.1) is 21.5 Å². The second-order valence-corrected chi connectivity index (χ2v) is 9.65. The van der Waals surface area contributed by atoms with Gasteiger partial charge in [0.05, 0.1) is 12.0 Å². The molecule has 4 aromatic rings. The zero-order valence-corrected chi connectivity index (χ0v) is 20.6. The van der Waals surface area contributed by atoms with Gasteiger partial charge in [0.25, 0.3) is 5.91 Å². The van der Waals surface area contributed by atoms with Crippen molar-refractivity contribution < 1.29 is 9.21 Å². The lowest BCUT2D eigenvalue weighted by molar-refractivity contribution is 0.0948. The van der Waals surface area contributed by atoms with Crippen molar-refractivity contribution in [1.82, 2.24) is 25.1 Å². The van der Waals surface area contributed by atoms with Crippen LogP contribution in [0.2, 0.25) is 5.02 Å². The highest BCUT2D eigenvalue weighted by molar-refractivity contribution is 7.98. The maximum absolute atomic E-state index is 12.3. The Morgan fingerprint density at radius 3 is 2.79 bits per heavy atom. The highest BCUT2D eigenvalue weighted by Crippen LogP contribution is 2.31. The number of aromatic nitrogens is 4. The summed E-state index contributed by atoms with van der Waals surface area (Å²) in [6.07, 6.45) is 6.09. The summed E-state index contributed by atoms with van der Waals surface area (Å²) >= 11 is 9.04. The number of hydrogen-bond acceptors (Lipinski definition) is 7. The normalized spacial score (nSPS) is 11.1. The smallest absolute Gasteiger partial charge is 0.270 e. The molecule has 33 heavy (non-hydrogen) atoms. The zero-order valence-electron chi connectivity index (χ0n) is 18.2. The van der Waals surface area contributed by atoms with Gasteiger partial charge in [0, 0.05) is 22.6 Å². The molecule has 3 aromatic heterocycles. The lowest BCUT2D eigenvalue weighted by Crippen LogP contribution is -2.24. The van der Waals surface area contributed by atoms with Gasteiger partial charge in [0.2, 0.25) is 5.82 Å². The summed E-state index contributed by atoms with van der Waals surface area (Å²) in [6, 6.07) is 11.1. The van der Waals surface area contributed by atoms with Gasteiger partial charge in [-0.2, -0.15) is 0 Å². The molecule has 0 bridgehead atoms. The summed E-state index contributed by atoms with van der Waals surface area (Å²) in [5, 5.41) is 15.7. The van der Waals surface area contributed by atoms with Gasteiger partial charge in [-0.25, -0.2) is 4.98 Å². The van der Waals surface area contributed by atoms with Crippen molar-refractivity contribution in [3.8, 4) is 17.3 Å². The van der Waals surface area contributed by atoms with E-state index in [0.717, 1.165) is 23.5 Å². The molecular weight excluding hydrogens is 478 g/mol. The standard InChI is InChI=1S/C23H24ClN5O2S2/c1-2-3-4-5-12-25-22(30)18-14-32-20(26-18)15-33-23-28-27-21(19-7-6-13-31-19)29(23)17-10-8-16(24)9-11-17/h6-11,13-14H,2-5,12,15H2,1H3,(H,25,30). The fourth-order valence-corrected chi connectivity index (χ4v) is 5.07. The lowest BCUT2D eigenvalue weighted by Gasteiger charge is -2.09. The number of unbranched alkanes of at least 4 members (excludes halogenated alkanes) is 3. The quantitative estimate of drug-likeness (QED) is 0.193. The number of thiazole rings is 1. The van der Waals surface area contributed by atoms with Crippen LogP contribution in [-0.4, -0.2) is 32.2 Å². The molecule has 0 aliphatic heterocycles. The van der Waals surface area contributed by atoms with Crippen molar-refractivity contribution >= 4 is 40.6 Å². The van der Waals surface area contributed by atoms with E-state index < -0.39 is 0 Å². The van der Waals surface area contributed by atoms with E-state index in [9.17, 15) is 4.79 Å². The van der Waals surface area contributed by atoms with Gasteiger partial charge >= 0.3 is 0 Å². The van der Waals surface area contributed by atoms with Gasteiger partial charge in [0.15, 0.2) is 10.9 Å². The van der Waals surface area contributed by atoms with E-state index in [-0.39, 0.29) is 5.91 Å². The third-order valence-corrected chi connectivity index (χ3v) is 7.11. The third kappa shape index (κ3) is 6.04. The van der Waals surface area contributed by atoms with E-state index in [1.807, 2.05) is 41.0 Å². The highest BCUT2D eigenvalue weighted by Gasteiger charge is 2.19. The van der Waals surface area contributed by atoms with Crippen LogP contribution in [0.25, 0.3) is 17.3 Å². The predicted molar refractivity (Wildman–Crippen MR) is 132 cm³/mol. The molecule has 0 atom stereocenters. The number of nitrogens with zero attached hydrogens (tertiary/aromatic N) is 4. The molecule has 0 saturated carbocycles. The highest BCUT2D eigenvalue weighted by atomic mass is 35.5. The van der Waals surface area contributed by atoms with Crippen molar-refractivity contribution in [2.45, 2.75) is 43.5 Å². The number of amides is 1. The second kappa shape index (κ2) is 11.5. The number of carbonyl (C=O) groups excluding carboxylic acids is 1. The Bertz CT molecular complexity index is 1170. The summed E-state index contributed by atoms with van der Waals surface area (Å²) in [7, 11) is 0. The van der Waals surface area contributed by atoms with Crippen LogP contribution in [0.4, 0.5) is 0 Å². The average Bonchev–Trinajstić information content (AvgIpc) is 3.58. The Morgan fingerprint density at radius 1 is 1.18 bits per heavy atom. The number of thioether (sulfide) groups is 1. The maximum atomic E-state index is 12.3. The van der Waals surface area contributed by atoms with E-state index in [0.29, 0.717) is 39.8 Å². The Balaban J connectivity index is 1.45. The summed E-state index contributed by atoms with van der Waals surface area (Å²) in [5.41, 5.74) is 1.34. The second-order valence-electron chi connectivity index (χ2n) is 7.33. The minimum atomic E-state index is -0.122. The Kier molecular flexibility index (Phi) is 8.20. The Hall–Kier alpha value is -2.62. The van der Waals surface area contributed by atoms with Crippen molar-refractivity contribution in [2.75, 3.05) is 6.54 Å². The number of rotatable bonds is 11. The summed E-state index contributed by atoms with van der Waals surface area (Å²) in [5.74, 6) is 1.67. The van der Waals surface area contributed by atoms with E-state index >= 15 is 0 Å². The first kappa shape index (κ1) is 23.5. The molecule has 0 aliphatic carbocycles. The molecule has 1 amide bonds. The molecule has 7 nitrogen and oxygen atoms in total. The van der Waals surface area contributed by atoms with Gasteiger partial charge in [0.1, 0.15) is 10.7 Å². The van der Waals surface area contributed by atoms with Crippen molar-refractivity contribution in [2.24, 2.45) is 0 Å². The molecule has 0 aliphatic rings. The molecule has 10 heteroatoms. The van der Waals surface area contributed by atoms with Crippen LogP contribution in [0.15, 0.2) is 57.6 Å². The molecular formula is C23H24ClN5O2S2. The predicted octanol–water partition coefficient (Wildman–Crippen LogP) is 6.24. The van der Waals surface area contributed by atoms with E-state index in [4.69, 9.17) is 16.0 Å². The fourth-order valence-electron chi connectivity index (χ4n) is 3.20.